The van der Waals surface area contributed by atoms with Crippen LogP contribution in [0.2, 0.25) is 0 Å². The molecule has 1 N–H and O–H groups in total. The van der Waals surface area contributed by atoms with Gasteiger partial charge < -0.3 is 19.5 Å². The molecule has 2 fully saturated rings. The van der Waals surface area contributed by atoms with Crippen LogP contribution in [0, 0.1) is 5.92 Å². The second-order valence-corrected chi connectivity index (χ2v) is 8.30. The summed E-state index contributed by atoms with van der Waals surface area (Å²) in [5.74, 6) is 1.17. The first-order valence-electron chi connectivity index (χ1n) is 9.35. The third-order valence-corrected chi connectivity index (χ3v) is 5.63. The van der Waals surface area contributed by atoms with Gasteiger partial charge in [-0.05, 0) is 46.5 Å². The third kappa shape index (κ3) is 4.01. The van der Waals surface area contributed by atoms with Crippen molar-refractivity contribution in [3.63, 3.8) is 0 Å². The van der Waals surface area contributed by atoms with Crippen LogP contribution in [0.5, 0.6) is 0 Å². The van der Waals surface area contributed by atoms with Gasteiger partial charge in [-0.15, -0.1) is 0 Å². The Morgan fingerprint density at radius 2 is 1.88 bits per heavy atom. The van der Waals surface area contributed by atoms with Crippen molar-refractivity contribution in [2.24, 2.45) is 5.92 Å². The van der Waals surface area contributed by atoms with Gasteiger partial charge >= 0.3 is 7.12 Å². The Labute approximate surface area is 156 Å². The van der Waals surface area contributed by atoms with Crippen LogP contribution in [0.25, 0.3) is 0 Å². The third-order valence-electron chi connectivity index (χ3n) is 5.63. The molecule has 3 rings (SSSR count). The van der Waals surface area contributed by atoms with E-state index in [-0.39, 0.29) is 17.1 Å². The maximum atomic E-state index is 11.1. The summed E-state index contributed by atoms with van der Waals surface area (Å²) in [7, 11) is -0.442. The van der Waals surface area contributed by atoms with Gasteiger partial charge in [-0.25, -0.2) is 9.97 Å². The molecule has 0 spiro atoms. The molecule has 8 heteroatoms. The quantitative estimate of drug-likeness (QED) is 0.812. The zero-order chi connectivity index (χ0) is 18.9. The lowest BCUT2D eigenvalue weighted by Gasteiger charge is -2.32. The van der Waals surface area contributed by atoms with E-state index < -0.39 is 7.12 Å². The number of anilines is 1. The summed E-state index contributed by atoms with van der Waals surface area (Å²) >= 11 is 0. The first-order valence-corrected chi connectivity index (χ1v) is 9.35. The summed E-state index contributed by atoms with van der Waals surface area (Å²) in [5.41, 5.74) is 0.0829. The van der Waals surface area contributed by atoms with Crippen LogP contribution in [0.4, 0.5) is 5.95 Å². The van der Waals surface area contributed by atoms with Gasteiger partial charge in [0.25, 0.3) is 0 Å². The van der Waals surface area contributed by atoms with Crippen molar-refractivity contribution < 1.29 is 14.1 Å². The average molecular weight is 360 g/mol. The highest BCUT2D eigenvalue weighted by Crippen LogP contribution is 2.36. The summed E-state index contributed by atoms with van der Waals surface area (Å²) in [5, 5.41) is 2.91. The zero-order valence-electron chi connectivity index (χ0n) is 16.4. The first kappa shape index (κ1) is 19.1. The molecule has 3 heterocycles. The molecule has 0 aromatic carbocycles. The molecule has 142 valence electrons. The summed E-state index contributed by atoms with van der Waals surface area (Å²) < 4.78 is 12.1. The fourth-order valence-corrected chi connectivity index (χ4v) is 3.30. The minimum Gasteiger partial charge on any atom is -0.399 e. The number of nitrogens with one attached hydrogen (secondary N) is 1. The summed E-state index contributed by atoms with van der Waals surface area (Å²) in [6.07, 6.45) is 5.78. The van der Waals surface area contributed by atoms with Crippen molar-refractivity contribution in [3.8, 4) is 0 Å². The lowest BCUT2D eigenvalue weighted by Crippen LogP contribution is -2.42. The molecule has 0 bridgehead atoms. The zero-order valence-corrected chi connectivity index (χ0v) is 16.4. The number of carbonyl (C=O) groups excluding carboxylic acids is 1. The lowest BCUT2D eigenvalue weighted by atomic mass is 9.81. The van der Waals surface area contributed by atoms with E-state index in [2.05, 4.69) is 20.2 Å². The Hall–Kier alpha value is -1.67. The molecule has 0 saturated carbocycles. The largest absolute Gasteiger partial charge is 0.498 e. The lowest BCUT2D eigenvalue weighted by molar-refractivity contribution is -0.119. The molecule has 1 aromatic heterocycles. The van der Waals surface area contributed by atoms with Crippen LogP contribution in [0.3, 0.4) is 0 Å². The Morgan fingerprint density at radius 3 is 2.46 bits per heavy atom. The van der Waals surface area contributed by atoms with E-state index >= 15 is 0 Å². The highest BCUT2D eigenvalue weighted by molar-refractivity contribution is 6.61. The molecule has 0 radical (unpaired) electrons. The number of rotatable bonds is 4. The topological polar surface area (TPSA) is 76.6 Å². The maximum Gasteiger partial charge on any atom is 0.498 e. The standard InChI is InChI=1S/C18H29BN4O3/c1-13(24)20-9-14-7-6-8-23(12-14)16-21-10-15(11-22-16)19-25-17(2,3)18(4,5)26-19/h10-11,14H,6-9,12H2,1-5H3,(H,20,24)/t14-/m1/s1. The summed E-state index contributed by atoms with van der Waals surface area (Å²) in [6, 6.07) is 0. The van der Waals surface area contributed by atoms with Crippen LogP contribution in [0.1, 0.15) is 47.5 Å². The number of piperidine rings is 1. The van der Waals surface area contributed by atoms with Gasteiger partial charge in [-0.2, -0.15) is 0 Å². The van der Waals surface area contributed by atoms with Crippen LogP contribution >= 0.6 is 0 Å². The van der Waals surface area contributed by atoms with Crippen LogP contribution in [-0.4, -0.2) is 53.8 Å². The van der Waals surface area contributed by atoms with Crippen molar-refractivity contribution in [1.29, 1.82) is 0 Å². The van der Waals surface area contributed by atoms with Gasteiger partial charge in [-0.3, -0.25) is 4.79 Å². The van der Waals surface area contributed by atoms with Gasteiger partial charge in [-0.1, -0.05) is 0 Å². The molecule has 7 nitrogen and oxygen atoms in total. The van der Waals surface area contributed by atoms with Crippen molar-refractivity contribution in [2.75, 3.05) is 24.5 Å². The monoisotopic (exact) mass is 360 g/mol. The van der Waals surface area contributed by atoms with Crippen LogP contribution in [-0.2, 0) is 14.1 Å². The van der Waals surface area contributed by atoms with E-state index in [1.54, 1.807) is 19.3 Å². The second-order valence-electron chi connectivity index (χ2n) is 8.30. The van der Waals surface area contributed by atoms with Crippen molar-refractivity contribution in [2.45, 2.75) is 58.7 Å². The van der Waals surface area contributed by atoms with Crippen molar-refractivity contribution in [3.05, 3.63) is 12.4 Å². The Bertz CT molecular complexity index is 634. The molecular formula is C18H29BN4O3. The highest BCUT2D eigenvalue weighted by atomic mass is 16.7. The normalized spacial score (nSPS) is 24.6. The Balaban J connectivity index is 1.64. The maximum absolute atomic E-state index is 11.1. The summed E-state index contributed by atoms with van der Waals surface area (Å²) in [6.45, 7) is 12.2. The van der Waals surface area contributed by atoms with Gasteiger partial charge in [0.15, 0.2) is 0 Å². The number of hydrogen-bond donors (Lipinski definition) is 1. The predicted molar refractivity (Wildman–Crippen MR) is 101 cm³/mol. The predicted octanol–water partition coefficient (Wildman–Crippen LogP) is 1.13. The fourth-order valence-electron chi connectivity index (χ4n) is 3.30. The minimum absolute atomic E-state index is 0.0186. The first-order chi connectivity index (χ1) is 12.2. The van der Waals surface area contributed by atoms with E-state index in [1.165, 1.54) is 0 Å². The van der Waals surface area contributed by atoms with E-state index in [4.69, 9.17) is 9.31 Å². The smallest absolute Gasteiger partial charge is 0.399 e. The number of carbonyl (C=O) groups is 1. The van der Waals surface area contributed by atoms with Crippen LogP contribution in [0.15, 0.2) is 12.4 Å². The van der Waals surface area contributed by atoms with Gasteiger partial charge in [0.1, 0.15) is 0 Å². The molecule has 26 heavy (non-hydrogen) atoms. The molecule has 2 aliphatic rings. The SMILES string of the molecule is CC(=O)NC[C@H]1CCCN(c2ncc(B3OC(C)(C)C(C)(C)O3)cn2)C1. The molecule has 2 aliphatic heterocycles. The van der Waals surface area contributed by atoms with E-state index in [0.29, 0.717) is 12.5 Å². The highest BCUT2D eigenvalue weighted by Gasteiger charge is 2.52. The van der Waals surface area contributed by atoms with Gasteiger partial charge in [0, 0.05) is 44.4 Å². The summed E-state index contributed by atoms with van der Waals surface area (Å²) in [4.78, 5) is 22.4. The van der Waals surface area contributed by atoms with Crippen molar-refractivity contribution >= 4 is 24.4 Å². The molecule has 1 atom stereocenters. The molecule has 0 aliphatic carbocycles. The second kappa shape index (κ2) is 7.16. The molecule has 1 aromatic rings. The van der Waals surface area contributed by atoms with E-state index in [9.17, 15) is 4.79 Å². The van der Waals surface area contributed by atoms with E-state index in [0.717, 1.165) is 37.3 Å². The molecule has 1 amide bonds. The number of hydrogen-bond acceptors (Lipinski definition) is 6. The molecular weight excluding hydrogens is 331 g/mol. The number of aromatic nitrogens is 2. The molecule has 2 saturated heterocycles. The minimum atomic E-state index is -0.442. The Kier molecular flexibility index (Phi) is 5.26. The fraction of sp³-hybridized carbons (Fsp3) is 0.722. The number of nitrogens with zero attached hydrogens (tertiary/aromatic N) is 3. The van der Waals surface area contributed by atoms with Crippen LogP contribution < -0.4 is 15.7 Å². The van der Waals surface area contributed by atoms with Gasteiger partial charge in [0.2, 0.25) is 11.9 Å². The molecule has 0 unspecified atom stereocenters. The van der Waals surface area contributed by atoms with E-state index in [1.807, 2.05) is 27.7 Å². The average Bonchev–Trinajstić information content (AvgIpc) is 2.81. The van der Waals surface area contributed by atoms with Crippen molar-refractivity contribution in [1.82, 2.24) is 15.3 Å². The number of amides is 1. The van der Waals surface area contributed by atoms with Gasteiger partial charge in [0.05, 0.1) is 11.2 Å². The Morgan fingerprint density at radius 1 is 1.27 bits per heavy atom.